The van der Waals surface area contributed by atoms with Gasteiger partial charge in [-0.2, -0.15) is 11.8 Å². The summed E-state index contributed by atoms with van der Waals surface area (Å²) in [5, 5.41) is 0.516. The van der Waals surface area contributed by atoms with Crippen molar-refractivity contribution in [2.75, 3.05) is 5.75 Å². The fourth-order valence-electron chi connectivity index (χ4n) is 1.83. The molecule has 0 heterocycles. The summed E-state index contributed by atoms with van der Waals surface area (Å²) >= 11 is 2.01. The monoisotopic (exact) mass is 237 g/mol. The Kier molecular flexibility index (Phi) is 5.93. The van der Waals surface area contributed by atoms with E-state index >= 15 is 0 Å². The van der Waals surface area contributed by atoms with Crippen molar-refractivity contribution in [2.45, 2.75) is 38.5 Å². The molecule has 0 saturated heterocycles. The first kappa shape index (κ1) is 13.6. The second-order valence-electron chi connectivity index (χ2n) is 4.52. The highest BCUT2D eigenvalue weighted by molar-refractivity contribution is 7.99. The van der Waals surface area contributed by atoms with Crippen molar-refractivity contribution in [3.05, 3.63) is 35.9 Å². The zero-order valence-electron chi connectivity index (χ0n) is 10.5. The van der Waals surface area contributed by atoms with Crippen LogP contribution >= 0.6 is 11.8 Å². The number of hydrogen-bond donors (Lipinski definition) is 1. The van der Waals surface area contributed by atoms with E-state index in [9.17, 15) is 0 Å². The van der Waals surface area contributed by atoms with Gasteiger partial charge < -0.3 is 5.73 Å². The smallest absolute Gasteiger partial charge is 0.0418 e. The third-order valence-electron chi connectivity index (χ3n) is 2.71. The van der Waals surface area contributed by atoms with E-state index in [0.717, 1.165) is 0 Å². The molecule has 1 nitrogen and oxygen atoms in total. The second kappa shape index (κ2) is 6.97. The fourth-order valence-corrected chi connectivity index (χ4v) is 3.09. The van der Waals surface area contributed by atoms with E-state index in [1.165, 1.54) is 17.7 Å². The van der Waals surface area contributed by atoms with Gasteiger partial charge in [-0.3, -0.25) is 0 Å². The Hall–Kier alpha value is -0.470. The highest BCUT2D eigenvalue weighted by Crippen LogP contribution is 2.30. The molecule has 0 aliphatic heterocycles. The van der Waals surface area contributed by atoms with Gasteiger partial charge in [-0.05, 0) is 23.7 Å². The molecule has 2 atom stereocenters. The van der Waals surface area contributed by atoms with Crippen LogP contribution in [0.1, 0.15) is 38.8 Å². The molecule has 1 rings (SSSR count). The van der Waals surface area contributed by atoms with Crippen LogP contribution in [0.3, 0.4) is 0 Å². The molecule has 0 saturated carbocycles. The molecule has 0 fully saturated rings. The lowest BCUT2D eigenvalue weighted by Gasteiger charge is -2.27. The maximum Gasteiger partial charge on any atom is 0.0418 e. The van der Waals surface area contributed by atoms with E-state index in [1.807, 2.05) is 17.8 Å². The topological polar surface area (TPSA) is 26.0 Å². The first-order chi connectivity index (χ1) is 7.66. The minimum Gasteiger partial charge on any atom is -0.323 e. The summed E-state index contributed by atoms with van der Waals surface area (Å²) in [5.41, 5.74) is 7.61. The van der Waals surface area contributed by atoms with E-state index in [1.54, 1.807) is 0 Å². The first-order valence-electron chi connectivity index (χ1n) is 6.09. The van der Waals surface area contributed by atoms with Gasteiger partial charge in [0.15, 0.2) is 0 Å². The normalized spacial score (nSPS) is 15.1. The van der Waals surface area contributed by atoms with E-state index < -0.39 is 0 Å². The van der Waals surface area contributed by atoms with Crippen LogP contribution in [0.2, 0.25) is 0 Å². The molecule has 2 unspecified atom stereocenters. The predicted octanol–water partition coefficient (Wildman–Crippen LogP) is 3.85. The Balaban J connectivity index is 2.71. The number of benzene rings is 1. The molecule has 1 aromatic carbocycles. The molecule has 0 bridgehead atoms. The van der Waals surface area contributed by atoms with E-state index in [2.05, 4.69) is 45.0 Å². The summed E-state index contributed by atoms with van der Waals surface area (Å²) in [6, 6.07) is 10.6. The number of hydrogen-bond acceptors (Lipinski definition) is 2. The standard InChI is InChI=1S/C14H23NS/c1-4-10-16-14(11(2)3)13(15)12-8-6-5-7-9-12/h5-9,11,13-14H,4,10,15H2,1-3H3. The number of nitrogens with two attached hydrogens (primary N) is 1. The van der Waals surface area contributed by atoms with Crippen LogP contribution in [0, 0.1) is 5.92 Å². The number of rotatable bonds is 6. The quantitative estimate of drug-likeness (QED) is 0.813. The lowest BCUT2D eigenvalue weighted by molar-refractivity contribution is 0.527. The van der Waals surface area contributed by atoms with Crippen LogP contribution < -0.4 is 5.73 Å². The van der Waals surface area contributed by atoms with Crippen molar-refractivity contribution in [1.82, 2.24) is 0 Å². The molecular weight excluding hydrogens is 214 g/mol. The molecule has 0 aliphatic rings. The highest BCUT2D eigenvalue weighted by atomic mass is 32.2. The summed E-state index contributed by atoms with van der Waals surface area (Å²) in [5.74, 6) is 1.82. The van der Waals surface area contributed by atoms with Gasteiger partial charge in [0, 0.05) is 11.3 Å². The zero-order chi connectivity index (χ0) is 12.0. The van der Waals surface area contributed by atoms with Gasteiger partial charge in [-0.1, -0.05) is 51.1 Å². The molecule has 0 radical (unpaired) electrons. The van der Waals surface area contributed by atoms with Crippen molar-refractivity contribution in [3.63, 3.8) is 0 Å². The van der Waals surface area contributed by atoms with Crippen LogP contribution in [-0.4, -0.2) is 11.0 Å². The van der Waals surface area contributed by atoms with E-state index in [4.69, 9.17) is 5.73 Å². The lowest BCUT2D eigenvalue weighted by Crippen LogP contribution is -2.28. The Bertz CT molecular complexity index is 284. The van der Waals surface area contributed by atoms with Gasteiger partial charge in [0.1, 0.15) is 0 Å². The molecule has 16 heavy (non-hydrogen) atoms. The molecular formula is C14H23NS. The van der Waals surface area contributed by atoms with Gasteiger partial charge >= 0.3 is 0 Å². The largest absolute Gasteiger partial charge is 0.323 e. The third kappa shape index (κ3) is 3.84. The minimum absolute atomic E-state index is 0.151. The van der Waals surface area contributed by atoms with Crippen molar-refractivity contribution in [2.24, 2.45) is 11.7 Å². The first-order valence-corrected chi connectivity index (χ1v) is 7.13. The lowest BCUT2D eigenvalue weighted by atomic mass is 9.97. The van der Waals surface area contributed by atoms with Crippen LogP contribution in [0.5, 0.6) is 0 Å². The third-order valence-corrected chi connectivity index (χ3v) is 4.58. The maximum atomic E-state index is 6.36. The summed E-state index contributed by atoms with van der Waals surface area (Å²) in [7, 11) is 0. The van der Waals surface area contributed by atoms with Crippen molar-refractivity contribution < 1.29 is 0 Å². The molecule has 0 aromatic heterocycles. The SMILES string of the molecule is CCCSC(C(C)C)C(N)c1ccccc1. The summed E-state index contributed by atoms with van der Waals surface area (Å²) in [6.45, 7) is 6.74. The average molecular weight is 237 g/mol. The van der Waals surface area contributed by atoms with Gasteiger partial charge in [-0.25, -0.2) is 0 Å². The summed E-state index contributed by atoms with van der Waals surface area (Å²) < 4.78 is 0. The Morgan fingerprint density at radius 2 is 1.81 bits per heavy atom. The van der Waals surface area contributed by atoms with E-state index in [0.29, 0.717) is 11.2 Å². The van der Waals surface area contributed by atoms with Gasteiger partial charge in [0.2, 0.25) is 0 Å². The minimum atomic E-state index is 0.151. The van der Waals surface area contributed by atoms with Gasteiger partial charge in [0.25, 0.3) is 0 Å². The molecule has 1 aromatic rings. The Labute approximate surface area is 104 Å². The number of thioether (sulfide) groups is 1. The fraction of sp³-hybridized carbons (Fsp3) is 0.571. The highest BCUT2D eigenvalue weighted by Gasteiger charge is 2.22. The molecule has 0 amide bonds. The predicted molar refractivity (Wildman–Crippen MR) is 74.7 cm³/mol. The van der Waals surface area contributed by atoms with Crippen LogP contribution in [-0.2, 0) is 0 Å². The molecule has 0 spiro atoms. The Morgan fingerprint density at radius 1 is 1.19 bits per heavy atom. The maximum absolute atomic E-state index is 6.36. The van der Waals surface area contributed by atoms with Crippen molar-refractivity contribution in [3.8, 4) is 0 Å². The zero-order valence-corrected chi connectivity index (χ0v) is 11.3. The summed E-state index contributed by atoms with van der Waals surface area (Å²) in [4.78, 5) is 0. The van der Waals surface area contributed by atoms with Crippen molar-refractivity contribution >= 4 is 11.8 Å². The molecule has 2 N–H and O–H groups in total. The van der Waals surface area contributed by atoms with Crippen LogP contribution in [0.4, 0.5) is 0 Å². The van der Waals surface area contributed by atoms with Gasteiger partial charge in [-0.15, -0.1) is 0 Å². The molecule has 0 aliphatic carbocycles. The van der Waals surface area contributed by atoms with Crippen molar-refractivity contribution in [1.29, 1.82) is 0 Å². The molecule has 90 valence electrons. The Morgan fingerprint density at radius 3 is 2.31 bits per heavy atom. The summed E-state index contributed by atoms with van der Waals surface area (Å²) in [6.07, 6.45) is 1.22. The van der Waals surface area contributed by atoms with Crippen LogP contribution in [0.25, 0.3) is 0 Å². The van der Waals surface area contributed by atoms with E-state index in [-0.39, 0.29) is 6.04 Å². The van der Waals surface area contributed by atoms with Crippen LogP contribution in [0.15, 0.2) is 30.3 Å². The average Bonchev–Trinajstić information content (AvgIpc) is 2.30. The molecule has 2 heteroatoms. The second-order valence-corrected chi connectivity index (χ2v) is 5.80. The van der Waals surface area contributed by atoms with Gasteiger partial charge in [0.05, 0.1) is 0 Å².